The number of carboxylic acids is 3. The van der Waals surface area contributed by atoms with Gasteiger partial charge in [-0.3, -0.25) is 38.7 Å². The van der Waals surface area contributed by atoms with Gasteiger partial charge in [0.15, 0.2) is 23.7 Å². The first-order chi connectivity index (χ1) is 58.5. The summed E-state index contributed by atoms with van der Waals surface area (Å²) in [6.07, 6.45) is 43.0. The zero-order valence-corrected chi connectivity index (χ0v) is 70.5. The Morgan fingerprint density at radius 1 is 0.380 bits per heavy atom. The molecule has 12 aliphatic rings. The van der Waals surface area contributed by atoms with E-state index in [-0.39, 0.29) is 48.4 Å². The van der Waals surface area contributed by atoms with E-state index >= 15 is 0 Å². The number of benzene rings is 3. The van der Waals surface area contributed by atoms with E-state index in [0.29, 0.717) is 82.0 Å². The van der Waals surface area contributed by atoms with E-state index in [4.69, 9.17) is 30.7 Å². The molecular formula is C92H122N14O15. The third kappa shape index (κ3) is 18.5. The number of hydrogen-bond acceptors (Lipinski definition) is 21. The Morgan fingerprint density at radius 3 is 0.967 bits per heavy atom. The zero-order valence-electron chi connectivity index (χ0n) is 70.5. The molecule has 121 heavy (non-hydrogen) atoms. The van der Waals surface area contributed by atoms with Gasteiger partial charge in [0.2, 0.25) is 22.7 Å². The highest BCUT2D eigenvalue weighted by Crippen LogP contribution is 2.52. The molecule has 6 aliphatic heterocycles. The Hall–Kier alpha value is -9.32. The van der Waals surface area contributed by atoms with Crippen LogP contribution in [-0.2, 0) is 43.2 Å². The number of aliphatic carboxylic acids is 3. The summed E-state index contributed by atoms with van der Waals surface area (Å²) in [6.45, 7) is 2.52. The number of carbonyl (C=O) groups excluding carboxylic acids is 2. The molecule has 3 aromatic carbocycles. The molecule has 6 aliphatic carbocycles. The van der Waals surface area contributed by atoms with Gasteiger partial charge in [-0.05, 0) is 221 Å². The highest BCUT2D eigenvalue weighted by molar-refractivity contribution is 6.43. The van der Waals surface area contributed by atoms with E-state index < -0.39 is 75.7 Å². The van der Waals surface area contributed by atoms with Crippen LogP contribution in [0.5, 0.6) is 0 Å². The van der Waals surface area contributed by atoms with E-state index in [1.54, 1.807) is 21.3 Å². The smallest absolute Gasteiger partial charge is 0.360 e. The largest absolute Gasteiger partial charge is 0.476 e. The minimum Gasteiger partial charge on any atom is -0.476 e. The van der Waals surface area contributed by atoms with Crippen LogP contribution in [0.2, 0.25) is 0 Å². The summed E-state index contributed by atoms with van der Waals surface area (Å²) in [5.74, 6) is -0.706. The monoisotopic (exact) mass is 1660 g/mol. The van der Waals surface area contributed by atoms with E-state index in [9.17, 15) is 53.7 Å². The fraction of sp³-hybridized carbons (Fsp3) is 0.652. The van der Waals surface area contributed by atoms with Crippen LogP contribution in [0.1, 0.15) is 274 Å². The number of primary amides is 2. The summed E-state index contributed by atoms with van der Waals surface area (Å²) in [5.41, 5.74) is 8.74. The first-order valence-corrected chi connectivity index (χ1v) is 45.3. The van der Waals surface area contributed by atoms with Gasteiger partial charge in [-0.1, -0.05) is 142 Å². The average Bonchev–Trinajstić information content (AvgIpc) is 1.09. The SMILES string of the molecule is CC(C)(O/N=C(\C(=O)O)c1nc2ccccc2n(C2C[C@H]3CCC[C@@H](C2)N3C2C[C@H]3CCC[C@@H](C2)C3)c1=O)C(N)=O.COCCO/N=C(\C(=O)O)c1nc2ccccc2n(C2C[C@H]3CCC[C@@H](C2)N3C2C[C@H]3CCCC[C@@H](C2)C3)c1=O.NC(=O)CO/N=C(\C(=O)O)c1nc2ccccc2n(C2C[C@H]3CCC[C@@H](C2)N3C2C[C@H]3CCCC[C@@H](C2)C3)c1=O. The minimum atomic E-state index is -1.56. The molecule has 0 spiro atoms. The topological polar surface area (TPSA) is 386 Å². The third-order valence-corrected chi connectivity index (χ3v) is 29.7. The van der Waals surface area contributed by atoms with Gasteiger partial charge in [0.05, 0.1) is 39.7 Å². The van der Waals surface area contributed by atoms with Crippen molar-refractivity contribution in [2.24, 2.45) is 62.4 Å². The number of rotatable bonds is 22. The van der Waals surface area contributed by atoms with Gasteiger partial charge in [-0.2, -0.15) is 0 Å². The first kappa shape index (κ1) is 85.3. The molecule has 0 radical (unpaired) electrons. The molecule has 29 nitrogen and oxygen atoms in total. The second-order valence-corrected chi connectivity index (χ2v) is 37.9. The molecule has 12 fully saturated rings. The predicted octanol–water partition coefficient (Wildman–Crippen LogP) is 12.4. The number of para-hydroxylation sites is 6. The van der Waals surface area contributed by atoms with Crippen molar-refractivity contribution in [3.63, 3.8) is 0 Å². The molecule has 12 bridgehead atoms. The molecule has 7 N–H and O–H groups in total. The fourth-order valence-electron chi connectivity index (χ4n) is 24.9. The molecule has 18 atom stereocenters. The predicted molar refractivity (Wildman–Crippen MR) is 457 cm³/mol. The maximum atomic E-state index is 14.1. The maximum absolute atomic E-state index is 14.1. The normalized spacial score (nSPS) is 30.9. The Balaban J connectivity index is 0.000000135. The first-order valence-electron chi connectivity index (χ1n) is 45.3. The molecule has 29 heteroatoms. The van der Waals surface area contributed by atoms with Crippen molar-refractivity contribution in [3.05, 3.63) is 121 Å². The summed E-state index contributed by atoms with van der Waals surface area (Å²) >= 11 is 0. The quantitative estimate of drug-likeness (QED) is 0.0239. The lowest BCUT2D eigenvalue weighted by molar-refractivity contribution is -0.140. The van der Waals surface area contributed by atoms with Crippen LogP contribution in [0, 0.1) is 35.5 Å². The van der Waals surface area contributed by atoms with Crippen molar-refractivity contribution < 1.29 is 58.5 Å². The lowest BCUT2D eigenvalue weighted by atomic mass is 9.68. The number of aromatic nitrogens is 6. The third-order valence-electron chi connectivity index (χ3n) is 29.7. The van der Waals surface area contributed by atoms with Gasteiger partial charge >= 0.3 is 17.9 Å². The van der Waals surface area contributed by atoms with E-state index in [1.807, 2.05) is 65.2 Å². The number of carbonyl (C=O) groups is 5. The van der Waals surface area contributed by atoms with Gasteiger partial charge in [0, 0.05) is 79.6 Å². The zero-order chi connectivity index (χ0) is 84.3. The molecule has 18 rings (SSSR count). The van der Waals surface area contributed by atoms with Gasteiger partial charge in [0.25, 0.3) is 28.5 Å². The molecule has 6 unspecified atom stereocenters. The van der Waals surface area contributed by atoms with Gasteiger partial charge in [-0.15, -0.1) is 0 Å². The van der Waals surface area contributed by atoms with Crippen LogP contribution >= 0.6 is 0 Å². The number of carboxylic acid groups (broad SMARTS) is 3. The second kappa shape index (κ2) is 37.4. The molecule has 6 aromatic rings. The van der Waals surface area contributed by atoms with Crippen molar-refractivity contribution >= 4 is 80.0 Å². The molecule has 9 heterocycles. The lowest BCUT2D eigenvalue weighted by Crippen LogP contribution is -2.58. The standard InChI is InChI=1S/C31H41N5O5.C31H42N4O5.C30H39N5O5/c1-31(2,30(32)40)41-34-27(29(38)39)26-28(37)36(25-12-4-3-11-24(25)33-26)23-16-20-9-6-10-21(17-23)35(20)22-14-18-7-5-8-19(13-18)15-22;1-39-13-14-40-33-29(31(37)38)28-30(36)35(27-12-5-4-11-26(27)32-28)25-18-22-9-6-10-23(19-25)34(22)24-16-20-7-2-3-8-21(15-20)17-24;31-26(36)17-40-33-28(30(38)39)27-29(37)35(25-11-4-3-10-24(25)32-27)23-15-20-8-5-9-21(16-23)34(20)22-13-18-6-1-2-7-19(12-18)14-22/h3-4,11-12,18-23H,5-10,13-17H2,1-2H3,(H2,32,40)(H,38,39);4-5,11-12,20-25H,2-3,6-10,13-19H2,1H3,(H,37,38);3-4,10-11,18-23H,1-2,5-9,12-17H2,(H2,31,36)(H,38,39)/b34-27-;33-29-;33-28-/t18-,19+,20-,21+,22?,23?;20-,21+,22-,23+,24?,25?;18-,19+,20-,21+,22?,23?. The molecule has 6 saturated heterocycles. The Morgan fingerprint density at radius 2 is 0.669 bits per heavy atom. The van der Waals surface area contributed by atoms with Crippen LogP contribution in [0.3, 0.4) is 0 Å². The number of ether oxygens (including phenoxy) is 1. The highest BCUT2D eigenvalue weighted by atomic mass is 16.7. The molecule has 6 saturated carbocycles. The number of nitrogens with two attached hydrogens (primary N) is 2. The van der Waals surface area contributed by atoms with Crippen molar-refractivity contribution in [3.8, 4) is 0 Å². The molecular weight excluding hydrogens is 1540 g/mol. The Bertz CT molecular complexity index is 5020. The Labute approximate surface area is 705 Å². The Kier molecular flexibility index (Phi) is 26.4. The highest BCUT2D eigenvalue weighted by Gasteiger charge is 2.50. The number of methoxy groups -OCH3 is 1. The number of piperidine rings is 6. The molecule has 3 aromatic heterocycles. The second-order valence-electron chi connectivity index (χ2n) is 37.9. The van der Waals surface area contributed by atoms with E-state index in [2.05, 4.69) is 45.1 Å². The van der Waals surface area contributed by atoms with Crippen molar-refractivity contribution in [1.29, 1.82) is 0 Å². The number of amides is 2. The summed E-state index contributed by atoms with van der Waals surface area (Å²) in [4.78, 5) is 139. The maximum Gasteiger partial charge on any atom is 0.360 e. The average molecular weight is 1660 g/mol. The number of nitrogens with zero attached hydrogens (tertiary/aromatic N) is 12. The summed E-state index contributed by atoms with van der Waals surface area (Å²) in [6, 6.07) is 26.5. The molecule has 650 valence electrons. The van der Waals surface area contributed by atoms with Crippen LogP contribution in [0.25, 0.3) is 33.1 Å². The number of hydrogen-bond donors (Lipinski definition) is 5. The molecule has 2 amide bonds. The lowest BCUT2D eigenvalue weighted by Gasteiger charge is -2.55. The number of fused-ring (bicyclic) bond motifs is 15. The fourth-order valence-corrected chi connectivity index (χ4v) is 24.9. The van der Waals surface area contributed by atoms with Gasteiger partial charge in [0.1, 0.15) is 6.61 Å². The summed E-state index contributed by atoms with van der Waals surface area (Å²) in [7, 11) is 1.52. The summed E-state index contributed by atoms with van der Waals surface area (Å²) in [5, 5.41) is 40.9. The van der Waals surface area contributed by atoms with E-state index in [0.717, 1.165) is 105 Å². The van der Waals surface area contributed by atoms with Crippen molar-refractivity contribution in [2.75, 3.05) is 26.9 Å². The summed E-state index contributed by atoms with van der Waals surface area (Å²) < 4.78 is 10.3. The minimum absolute atomic E-state index is 0.0129. The van der Waals surface area contributed by atoms with Gasteiger partial charge in [-0.25, -0.2) is 29.3 Å². The van der Waals surface area contributed by atoms with Crippen molar-refractivity contribution in [1.82, 2.24) is 43.4 Å². The van der Waals surface area contributed by atoms with Gasteiger partial charge < -0.3 is 59.7 Å². The van der Waals surface area contributed by atoms with Crippen LogP contribution < -0.4 is 28.1 Å². The van der Waals surface area contributed by atoms with Crippen LogP contribution in [0.15, 0.2) is 103 Å². The van der Waals surface area contributed by atoms with Crippen LogP contribution in [-0.4, -0.2) is 192 Å². The van der Waals surface area contributed by atoms with Crippen LogP contribution in [0.4, 0.5) is 0 Å². The van der Waals surface area contributed by atoms with Crippen molar-refractivity contribution in [2.45, 2.75) is 317 Å². The number of oxime groups is 3. The van der Waals surface area contributed by atoms with E-state index in [1.165, 1.54) is 181 Å².